The van der Waals surface area contributed by atoms with Crippen LogP contribution in [0, 0.1) is 0 Å². The standard InChI is InChI=1S/C19H17ClNO7P/c1-26-17-10-15(18(27-2)9-14(17)20)21-19(22)13-7-11-5-3-4-6-12(11)8-16(13)28-29(23,24)25/h3-10H,1-2H3,(H,21,22)(H2,23,24,25). The summed E-state index contributed by atoms with van der Waals surface area (Å²) in [5.41, 5.74) is 0.192. The predicted molar refractivity (Wildman–Crippen MR) is 109 cm³/mol. The number of rotatable bonds is 6. The number of anilines is 1. The molecule has 3 rings (SSSR count). The molecule has 0 bridgehead atoms. The van der Waals surface area contributed by atoms with Crippen molar-refractivity contribution >= 4 is 41.8 Å². The van der Waals surface area contributed by atoms with Crippen molar-refractivity contribution in [2.24, 2.45) is 0 Å². The Morgan fingerprint density at radius 3 is 2.17 bits per heavy atom. The summed E-state index contributed by atoms with van der Waals surface area (Å²) >= 11 is 6.07. The highest BCUT2D eigenvalue weighted by Gasteiger charge is 2.23. The fourth-order valence-corrected chi connectivity index (χ4v) is 3.39. The second-order valence-corrected chi connectivity index (χ2v) is 7.49. The zero-order valence-corrected chi connectivity index (χ0v) is 17.0. The quantitative estimate of drug-likeness (QED) is 0.494. The van der Waals surface area contributed by atoms with E-state index in [0.29, 0.717) is 21.5 Å². The van der Waals surface area contributed by atoms with Gasteiger partial charge in [0, 0.05) is 12.1 Å². The Bertz CT molecular complexity index is 1130. The first kappa shape index (κ1) is 21.0. The molecule has 0 atom stereocenters. The lowest BCUT2D eigenvalue weighted by Gasteiger charge is -2.16. The second-order valence-electron chi connectivity index (χ2n) is 5.92. The minimum Gasteiger partial charge on any atom is -0.495 e. The maximum Gasteiger partial charge on any atom is 0.524 e. The molecule has 8 nitrogen and oxygen atoms in total. The van der Waals surface area contributed by atoms with Crippen LogP contribution in [0.4, 0.5) is 5.69 Å². The van der Waals surface area contributed by atoms with Crippen molar-refractivity contribution in [3.63, 3.8) is 0 Å². The number of phosphoric ester groups is 1. The summed E-state index contributed by atoms with van der Waals surface area (Å²) in [6.45, 7) is 0. The van der Waals surface area contributed by atoms with Gasteiger partial charge < -0.3 is 19.3 Å². The van der Waals surface area contributed by atoms with Gasteiger partial charge in [-0.3, -0.25) is 14.6 Å². The molecule has 10 heteroatoms. The number of fused-ring (bicyclic) bond motifs is 1. The van der Waals surface area contributed by atoms with Gasteiger partial charge in [-0.1, -0.05) is 35.9 Å². The predicted octanol–water partition coefficient (Wildman–Crippen LogP) is 4.23. The lowest BCUT2D eigenvalue weighted by Crippen LogP contribution is -2.14. The molecule has 0 aliphatic heterocycles. The molecule has 0 radical (unpaired) electrons. The van der Waals surface area contributed by atoms with Crippen LogP contribution in [-0.4, -0.2) is 29.9 Å². The molecule has 0 saturated carbocycles. The van der Waals surface area contributed by atoms with Crippen LogP contribution in [0.1, 0.15) is 10.4 Å². The summed E-state index contributed by atoms with van der Waals surface area (Å²) < 4.78 is 26.5. The molecule has 0 aliphatic carbocycles. The first-order valence-corrected chi connectivity index (χ1v) is 10.1. The lowest BCUT2D eigenvalue weighted by atomic mass is 10.1. The van der Waals surface area contributed by atoms with Gasteiger partial charge in [-0.2, -0.15) is 0 Å². The van der Waals surface area contributed by atoms with Gasteiger partial charge in [-0.05, 0) is 22.9 Å². The number of hydrogen-bond acceptors (Lipinski definition) is 5. The molecule has 0 saturated heterocycles. The van der Waals surface area contributed by atoms with Gasteiger partial charge in [0.15, 0.2) is 0 Å². The lowest BCUT2D eigenvalue weighted by molar-refractivity contribution is 0.102. The topological polar surface area (TPSA) is 114 Å². The highest BCUT2D eigenvalue weighted by molar-refractivity contribution is 7.46. The molecule has 0 aliphatic rings. The summed E-state index contributed by atoms with van der Waals surface area (Å²) in [4.78, 5) is 31.4. The second kappa shape index (κ2) is 8.31. The van der Waals surface area contributed by atoms with Crippen LogP contribution in [0.15, 0.2) is 48.5 Å². The average Bonchev–Trinajstić information content (AvgIpc) is 2.67. The zero-order valence-electron chi connectivity index (χ0n) is 15.4. The summed E-state index contributed by atoms with van der Waals surface area (Å²) in [6, 6.07) is 12.9. The van der Waals surface area contributed by atoms with Gasteiger partial charge in [0.25, 0.3) is 5.91 Å². The number of benzene rings is 3. The maximum atomic E-state index is 12.9. The molecule has 0 aromatic heterocycles. The van der Waals surface area contributed by atoms with E-state index in [9.17, 15) is 19.1 Å². The number of methoxy groups -OCH3 is 2. The highest BCUT2D eigenvalue weighted by Crippen LogP contribution is 2.41. The molecular formula is C19H17ClNO7P. The van der Waals surface area contributed by atoms with Crippen LogP contribution in [0.3, 0.4) is 0 Å². The Morgan fingerprint density at radius 1 is 0.966 bits per heavy atom. The highest BCUT2D eigenvalue weighted by atomic mass is 35.5. The third-order valence-corrected chi connectivity index (χ3v) is 4.76. The molecule has 3 N–H and O–H groups in total. The molecule has 0 heterocycles. The van der Waals surface area contributed by atoms with Crippen LogP contribution in [0.5, 0.6) is 17.2 Å². The number of carbonyl (C=O) groups is 1. The average molecular weight is 438 g/mol. The zero-order chi connectivity index (χ0) is 21.2. The van der Waals surface area contributed by atoms with Crippen molar-refractivity contribution in [1.29, 1.82) is 0 Å². The number of carbonyl (C=O) groups excluding carboxylic acids is 1. The van der Waals surface area contributed by atoms with Crippen molar-refractivity contribution in [2.75, 3.05) is 19.5 Å². The number of phosphoric acid groups is 1. The van der Waals surface area contributed by atoms with E-state index >= 15 is 0 Å². The molecule has 0 fully saturated rings. The maximum absolute atomic E-state index is 12.9. The molecule has 1 amide bonds. The number of amides is 1. The number of hydrogen-bond donors (Lipinski definition) is 3. The SMILES string of the molecule is COc1cc(NC(=O)c2cc3ccccc3cc2OP(=O)(O)O)c(OC)cc1Cl. The Morgan fingerprint density at radius 2 is 1.59 bits per heavy atom. The van der Waals surface area contributed by atoms with E-state index in [0.717, 1.165) is 0 Å². The van der Waals surface area contributed by atoms with E-state index in [2.05, 4.69) is 5.32 Å². The first-order chi connectivity index (χ1) is 13.7. The molecule has 29 heavy (non-hydrogen) atoms. The Hall–Kier alpha value is -2.77. The number of halogens is 1. The number of nitrogens with one attached hydrogen (secondary N) is 1. The summed E-state index contributed by atoms with van der Waals surface area (Å²) in [5, 5.41) is 4.27. The van der Waals surface area contributed by atoms with Crippen LogP contribution in [0.2, 0.25) is 5.02 Å². The minimum absolute atomic E-state index is 0.0667. The minimum atomic E-state index is -4.89. The van der Waals surface area contributed by atoms with Gasteiger partial charge in [0.2, 0.25) is 0 Å². The fourth-order valence-electron chi connectivity index (χ4n) is 2.75. The van der Waals surface area contributed by atoms with Crippen molar-refractivity contribution in [2.45, 2.75) is 0 Å². The third-order valence-electron chi connectivity index (χ3n) is 4.03. The third kappa shape index (κ3) is 4.81. The molecule has 152 valence electrons. The van der Waals surface area contributed by atoms with E-state index in [1.807, 2.05) is 0 Å². The monoisotopic (exact) mass is 437 g/mol. The van der Waals surface area contributed by atoms with Crippen molar-refractivity contribution < 1.29 is 33.1 Å². The van der Waals surface area contributed by atoms with Crippen LogP contribution in [-0.2, 0) is 4.57 Å². The van der Waals surface area contributed by atoms with Crippen molar-refractivity contribution in [3.05, 3.63) is 59.1 Å². The first-order valence-electron chi connectivity index (χ1n) is 8.22. The molecule has 0 spiro atoms. The normalized spacial score (nSPS) is 11.2. The summed E-state index contributed by atoms with van der Waals surface area (Å²) in [7, 11) is -2.06. The molecule has 3 aromatic carbocycles. The summed E-state index contributed by atoms with van der Waals surface area (Å²) in [6.07, 6.45) is 0. The van der Waals surface area contributed by atoms with E-state index in [4.69, 9.17) is 25.6 Å². The van der Waals surface area contributed by atoms with Crippen LogP contribution < -0.4 is 19.3 Å². The number of ether oxygens (including phenoxy) is 2. The molecule has 0 unspecified atom stereocenters. The van der Waals surface area contributed by atoms with Crippen molar-refractivity contribution in [1.82, 2.24) is 0 Å². The van der Waals surface area contributed by atoms with E-state index in [1.165, 1.54) is 38.5 Å². The van der Waals surface area contributed by atoms with Gasteiger partial charge in [-0.25, -0.2) is 4.57 Å². The van der Waals surface area contributed by atoms with E-state index < -0.39 is 13.7 Å². The van der Waals surface area contributed by atoms with E-state index in [-0.39, 0.29) is 22.7 Å². The Labute approximate surface area is 171 Å². The molecular weight excluding hydrogens is 421 g/mol. The largest absolute Gasteiger partial charge is 0.524 e. The van der Waals surface area contributed by atoms with Crippen LogP contribution in [0.25, 0.3) is 10.8 Å². The Balaban J connectivity index is 2.07. The van der Waals surface area contributed by atoms with Gasteiger partial charge in [0.05, 0.1) is 30.5 Å². The smallest absolute Gasteiger partial charge is 0.495 e. The van der Waals surface area contributed by atoms with Crippen molar-refractivity contribution in [3.8, 4) is 17.2 Å². The van der Waals surface area contributed by atoms with Gasteiger partial charge in [0.1, 0.15) is 17.2 Å². The van der Waals surface area contributed by atoms with Gasteiger partial charge in [-0.15, -0.1) is 0 Å². The Kier molecular flexibility index (Phi) is 6.00. The van der Waals surface area contributed by atoms with Crippen LogP contribution >= 0.6 is 19.4 Å². The van der Waals surface area contributed by atoms with Gasteiger partial charge >= 0.3 is 7.82 Å². The van der Waals surface area contributed by atoms with E-state index in [1.54, 1.807) is 24.3 Å². The fraction of sp³-hybridized carbons (Fsp3) is 0.105. The molecule has 3 aromatic rings. The summed E-state index contributed by atoms with van der Waals surface area (Å²) in [5.74, 6) is -0.327.